The Hall–Kier alpha value is -2.91. The van der Waals surface area contributed by atoms with Gasteiger partial charge in [0.1, 0.15) is 10.9 Å². The molecule has 0 aliphatic carbocycles. The number of unbranched alkanes of at least 4 members (excludes halogenated alkanes) is 1. The van der Waals surface area contributed by atoms with E-state index in [-0.39, 0.29) is 21.4 Å². The van der Waals surface area contributed by atoms with Crippen LogP contribution in [0.5, 0.6) is 0 Å². The van der Waals surface area contributed by atoms with Gasteiger partial charge in [-0.1, -0.05) is 66.9 Å². The highest BCUT2D eigenvalue weighted by Crippen LogP contribution is 2.25. The number of hydrogen-bond acceptors (Lipinski definition) is 5. The highest BCUT2D eigenvalue weighted by Gasteiger charge is 2.28. The molecule has 0 heterocycles. The number of nitrogens with one attached hydrogen (secondary N) is 2. The lowest BCUT2D eigenvalue weighted by Gasteiger charge is -2.19. The van der Waals surface area contributed by atoms with E-state index in [0.717, 1.165) is 18.4 Å². The third-order valence-electron chi connectivity index (χ3n) is 5.20. The summed E-state index contributed by atoms with van der Waals surface area (Å²) in [6.45, 7) is 2.34. The summed E-state index contributed by atoms with van der Waals surface area (Å²) < 4.78 is 33.8. The third-order valence-corrected chi connectivity index (χ3v) is 7.39. The topological polar surface area (TPSA) is 102 Å². The van der Waals surface area contributed by atoms with Crippen LogP contribution in [0.2, 0.25) is 10.0 Å². The molecule has 1 atom stereocenters. The minimum Gasteiger partial charge on any atom is -0.462 e. The zero-order valence-corrected chi connectivity index (χ0v) is 21.9. The van der Waals surface area contributed by atoms with Crippen molar-refractivity contribution in [3.05, 3.63) is 94.0 Å². The maximum Gasteiger partial charge on any atom is 0.338 e. The number of sulfonamides is 1. The van der Waals surface area contributed by atoms with Crippen LogP contribution < -0.4 is 10.0 Å². The van der Waals surface area contributed by atoms with Crippen LogP contribution in [0.25, 0.3) is 0 Å². The average Bonchev–Trinajstić information content (AvgIpc) is 2.86. The molecule has 3 aromatic rings. The monoisotopic (exact) mass is 548 g/mol. The van der Waals surface area contributed by atoms with Crippen molar-refractivity contribution in [2.75, 3.05) is 11.9 Å². The van der Waals surface area contributed by atoms with Crippen LogP contribution in [0.4, 0.5) is 5.69 Å². The van der Waals surface area contributed by atoms with Crippen molar-refractivity contribution in [2.45, 2.75) is 37.1 Å². The molecule has 0 saturated heterocycles. The number of carbonyl (C=O) groups excluding carboxylic acids is 2. The number of hydrogen-bond donors (Lipinski definition) is 2. The number of anilines is 1. The number of rotatable bonds is 11. The van der Waals surface area contributed by atoms with E-state index in [2.05, 4.69) is 10.0 Å². The minimum absolute atomic E-state index is 0.0211. The first-order valence-corrected chi connectivity index (χ1v) is 13.5. The van der Waals surface area contributed by atoms with Crippen molar-refractivity contribution in [3.63, 3.8) is 0 Å². The fourth-order valence-corrected chi connectivity index (χ4v) is 5.24. The summed E-state index contributed by atoms with van der Waals surface area (Å²) in [6.07, 6.45) is 1.78. The van der Waals surface area contributed by atoms with Gasteiger partial charge in [-0.3, -0.25) is 4.79 Å². The van der Waals surface area contributed by atoms with Gasteiger partial charge in [-0.15, -0.1) is 0 Å². The molecule has 0 aromatic heterocycles. The van der Waals surface area contributed by atoms with Crippen LogP contribution in [-0.4, -0.2) is 32.9 Å². The SMILES string of the molecule is CCCCOC(=O)c1ccc(NC(=O)[C@@H](Cc2ccccc2)NS(=O)(=O)c2cc(Cl)ccc2Cl)cc1. The van der Waals surface area contributed by atoms with Crippen molar-refractivity contribution in [3.8, 4) is 0 Å². The molecule has 190 valence electrons. The van der Waals surface area contributed by atoms with E-state index < -0.39 is 27.9 Å². The zero-order valence-electron chi connectivity index (χ0n) is 19.5. The summed E-state index contributed by atoms with van der Waals surface area (Å²) in [4.78, 5) is 25.1. The number of ether oxygens (including phenoxy) is 1. The van der Waals surface area contributed by atoms with Gasteiger partial charge >= 0.3 is 5.97 Å². The molecule has 3 aromatic carbocycles. The number of benzene rings is 3. The van der Waals surface area contributed by atoms with Gasteiger partial charge in [0, 0.05) is 10.7 Å². The first-order chi connectivity index (χ1) is 17.2. The predicted octanol–water partition coefficient (Wildman–Crippen LogP) is 5.48. The van der Waals surface area contributed by atoms with E-state index in [0.29, 0.717) is 17.9 Å². The first kappa shape index (κ1) is 27.7. The Morgan fingerprint density at radius 3 is 2.33 bits per heavy atom. The lowest BCUT2D eigenvalue weighted by molar-refractivity contribution is -0.117. The highest BCUT2D eigenvalue weighted by atomic mass is 35.5. The average molecular weight is 549 g/mol. The normalized spacial score (nSPS) is 12.1. The standard InChI is InChI=1S/C26H26Cl2N2O5S/c1-2-3-15-35-26(32)19-9-12-21(13-10-19)29-25(31)23(16-18-7-5-4-6-8-18)30-36(33,34)24-17-20(27)11-14-22(24)28/h4-14,17,23,30H,2-3,15-16H2,1H3,(H,29,31)/t23-/m1/s1. The molecule has 3 rings (SSSR count). The lowest BCUT2D eigenvalue weighted by atomic mass is 10.1. The molecular formula is C26H26Cl2N2O5S. The molecule has 1 amide bonds. The largest absolute Gasteiger partial charge is 0.462 e. The van der Waals surface area contributed by atoms with Crippen LogP contribution in [0.15, 0.2) is 77.7 Å². The Bertz CT molecular complexity index is 1300. The molecule has 0 unspecified atom stereocenters. The van der Waals surface area contributed by atoms with Gasteiger partial charge in [-0.2, -0.15) is 4.72 Å². The summed E-state index contributed by atoms with van der Waals surface area (Å²) in [6, 6.07) is 18.1. The lowest BCUT2D eigenvalue weighted by Crippen LogP contribution is -2.45. The first-order valence-electron chi connectivity index (χ1n) is 11.3. The van der Waals surface area contributed by atoms with Crippen LogP contribution >= 0.6 is 23.2 Å². The fraction of sp³-hybridized carbons (Fsp3) is 0.231. The zero-order chi connectivity index (χ0) is 26.1. The predicted molar refractivity (Wildman–Crippen MR) is 141 cm³/mol. The smallest absolute Gasteiger partial charge is 0.338 e. The van der Waals surface area contributed by atoms with Gasteiger partial charge in [0.05, 0.1) is 17.2 Å². The Morgan fingerprint density at radius 2 is 1.67 bits per heavy atom. The fourth-order valence-electron chi connectivity index (χ4n) is 3.28. The maximum absolute atomic E-state index is 13.2. The molecule has 2 N–H and O–H groups in total. The van der Waals surface area contributed by atoms with Crippen molar-refractivity contribution in [2.24, 2.45) is 0 Å². The summed E-state index contributed by atoms with van der Waals surface area (Å²) in [5.41, 5.74) is 1.49. The van der Waals surface area contributed by atoms with Crippen molar-refractivity contribution >= 4 is 50.8 Å². The van der Waals surface area contributed by atoms with Crippen LogP contribution in [0.3, 0.4) is 0 Å². The molecule has 36 heavy (non-hydrogen) atoms. The molecule has 7 nitrogen and oxygen atoms in total. The van der Waals surface area contributed by atoms with Crippen molar-refractivity contribution in [1.29, 1.82) is 0 Å². The van der Waals surface area contributed by atoms with Gasteiger partial charge in [-0.05, 0) is 60.9 Å². The summed E-state index contributed by atoms with van der Waals surface area (Å²) in [5, 5.41) is 2.87. The van der Waals surface area contributed by atoms with E-state index in [1.807, 2.05) is 13.0 Å². The van der Waals surface area contributed by atoms with Crippen LogP contribution in [-0.2, 0) is 26.0 Å². The summed E-state index contributed by atoms with van der Waals surface area (Å²) in [7, 11) is -4.19. The van der Waals surface area contributed by atoms with Crippen LogP contribution in [0.1, 0.15) is 35.7 Å². The van der Waals surface area contributed by atoms with Crippen molar-refractivity contribution < 1.29 is 22.7 Å². The maximum atomic E-state index is 13.2. The molecule has 0 aliphatic heterocycles. The van der Waals surface area contributed by atoms with Gasteiger partial charge < -0.3 is 10.1 Å². The van der Waals surface area contributed by atoms with E-state index in [1.54, 1.807) is 36.4 Å². The number of carbonyl (C=O) groups is 2. The van der Waals surface area contributed by atoms with E-state index >= 15 is 0 Å². The second kappa shape index (κ2) is 12.9. The molecule has 0 bridgehead atoms. The van der Waals surface area contributed by atoms with E-state index in [4.69, 9.17) is 27.9 Å². The van der Waals surface area contributed by atoms with E-state index in [1.165, 1.54) is 30.3 Å². The Kier molecular flexibility index (Phi) is 9.89. The van der Waals surface area contributed by atoms with Gasteiger partial charge in [-0.25, -0.2) is 13.2 Å². The van der Waals surface area contributed by atoms with Gasteiger partial charge in [0.2, 0.25) is 15.9 Å². The number of esters is 1. The summed E-state index contributed by atoms with van der Waals surface area (Å²) in [5.74, 6) is -1.03. The second-order valence-corrected chi connectivity index (χ2v) is 10.5. The Balaban J connectivity index is 1.79. The van der Waals surface area contributed by atoms with Crippen LogP contribution in [0, 0.1) is 0 Å². The highest BCUT2D eigenvalue weighted by molar-refractivity contribution is 7.89. The Labute approximate surface area is 220 Å². The summed E-state index contributed by atoms with van der Waals surface area (Å²) >= 11 is 12.1. The minimum atomic E-state index is -4.19. The van der Waals surface area contributed by atoms with Crippen molar-refractivity contribution in [1.82, 2.24) is 4.72 Å². The van der Waals surface area contributed by atoms with Gasteiger partial charge in [0.15, 0.2) is 0 Å². The molecule has 0 aliphatic rings. The van der Waals surface area contributed by atoms with E-state index in [9.17, 15) is 18.0 Å². The molecular weight excluding hydrogens is 523 g/mol. The van der Waals surface area contributed by atoms with Gasteiger partial charge in [0.25, 0.3) is 0 Å². The number of amides is 1. The molecule has 0 fully saturated rings. The molecule has 0 spiro atoms. The second-order valence-electron chi connectivity index (χ2n) is 7.99. The number of halogens is 2. The molecule has 0 saturated carbocycles. The Morgan fingerprint density at radius 1 is 0.972 bits per heavy atom. The quantitative estimate of drug-likeness (QED) is 0.244. The molecule has 10 heteroatoms. The third kappa shape index (κ3) is 7.80. The molecule has 0 radical (unpaired) electrons.